The Labute approximate surface area is 110 Å². The molecule has 0 aliphatic heterocycles. The predicted molar refractivity (Wildman–Crippen MR) is 72.3 cm³/mol. The largest absolute Gasteiger partial charge is 0.383 e. The molecule has 0 saturated carbocycles. The molecule has 4 nitrogen and oxygen atoms in total. The van der Waals surface area contributed by atoms with Crippen LogP contribution in [-0.2, 0) is 9.53 Å². The number of ether oxygens (including phenoxy) is 1. The third kappa shape index (κ3) is 5.70. The molecule has 0 unspecified atom stereocenters. The van der Waals surface area contributed by atoms with Gasteiger partial charge in [0, 0.05) is 23.8 Å². The van der Waals surface area contributed by atoms with Gasteiger partial charge >= 0.3 is 0 Å². The molecule has 0 heterocycles. The first-order chi connectivity index (χ1) is 8.11. The number of carbonyl (C=O) groups is 1. The Hall–Kier alpha value is -1.07. The Kier molecular flexibility index (Phi) is 6.00. The van der Waals surface area contributed by atoms with Gasteiger partial charge in [0.15, 0.2) is 0 Å². The Morgan fingerprint density at radius 3 is 2.82 bits per heavy atom. The monoisotopic (exact) mass is 300 g/mol. The molecule has 94 valence electrons. The van der Waals surface area contributed by atoms with Gasteiger partial charge in [-0.2, -0.15) is 0 Å². The van der Waals surface area contributed by atoms with Gasteiger partial charge in [0.1, 0.15) is 0 Å². The maximum atomic E-state index is 11.4. The molecule has 0 aliphatic carbocycles. The van der Waals surface area contributed by atoms with Crippen LogP contribution < -0.4 is 10.6 Å². The second-order valence-electron chi connectivity index (χ2n) is 3.71. The summed E-state index contributed by atoms with van der Waals surface area (Å²) in [7, 11) is 1.61. The molecular weight excluding hydrogens is 284 g/mol. The minimum absolute atomic E-state index is 0.0420. The third-order valence-electron chi connectivity index (χ3n) is 2.12. The molecule has 1 rings (SSSR count). The highest BCUT2D eigenvalue weighted by Crippen LogP contribution is 2.18. The molecule has 17 heavy (non-hydrogen) atoms. The number of amides is 1. The summed E-state index contributed by atoms with van der Waals surface area (Å²) in [6.45, 7) is 3.34. The summed E-state index contributed by atoms with van der Waals surface area (Å²) in [6.07, 6.45) is 0. The van der Waals surface area contributed by atoms with Crippen molar-refractivity contribution in [2.45, 2.75) is 6.92 Å². The van der Waals surface area contributed by atoms with Gasteiger partial charge in [0.05, 0.1) is 13.2 Å². The average Bonchev–Trinajstić information content (AvgIpc) is 2.25. The zero-order valence-corrected chi connectivity index (χ0v) is 11.6. The molecule has 0 spiro atoms. The highest BCUT2D eigenvalue weighted by molar-refractivity contribution is 9.10. The number of methoxy groups -OCH3 is 1. The van der Waals surface area contributed by atoms with Crippen molar-refractivity contribution in [2.24, 2.45) is 0 Å². The Bertz CT molecular complexity index is 363. The van der Waals surface area contributed by atoms with Gasteiger partial charge in [-0.15, -0.1) is 0 Å². The van der Waals surface area contributed by atoms with Crippen LogP contribution in [0.2, 0.25) is 0 Å². The van der Waals surface area contributed by atoms with E-state index in [0.717, 1.165) is 15.7 Å². The number of hydrogen-bond acceptors (Lipinski definition) is 3. The van der Waals surface area contributed by atoms with E-state index in [0.29, 0.717) is 13.2 Å². The van der Waals surface area contributed by atoms with Crippen molar-refractivity contribution in [2.75, 3.05) is 32.1 Å². The third-order valence-corrected chi connectivity index (χ3v) is 2.58. The molecule has 0 aliphatic rings. The van der Waals surface area contributed by atoms with Crippen molar-refractivity contribution in [3.63, 3.8) is 0 Å². The van der Waals surface area contributed by atoms with Crippen molar-refractivity contribution in [1.82, 2.24) is 5.32 Å². The molecule has 1 amide bonds. The van der Waals surface area contributed by atoms with Gasteiger partial charge in [-0.3, -0.25) is 4.79 Å². The molecular formula is C12H17BrN2O2. The summed E-state index contributed by atoms with van der Waals surface area (Å²) >= 11 is 3.41. The lowest BCUT2D eigenvalue weighted by Gasteiger charge is -2.08. The predicted octanol–water partition coefficient (Wildman–Crippen LogP) is 1.93. The van der Waals surface area contributed by atoms with Crippen LogP contribution in [0.15, 0.2) is 22.7 Å². The summed E-state index contributed by atoms with van der Waals surface area (Å²) in [4.78, 5) is 11.4. The van der Waals surface area contributed by atoms with E-state index in [1.165, 1.54) is 0 Å². The second-order valence-corrected chi connectivity index (χ2v) is 4.63. The fraction of sp³-hybridized carbons (Fsp3) is 0.417. The van der Waals surface area contributed by atoms with E-state index in [9.17, 15) is 4.79 Å². The van der Waals surface area contributed by atoms with Gasteiger partial charge in [-0.1, -0.05) is 15.9 Å². The number of hydrogen-bond donors (Lipinski definition) is 2. The van der Waals surface area contributed by atoms with E-state index < -0.39 is 0 Å². The Balaban J connectivity index is 2.36. The standard InChI is InChI=1S/C12H17BrN2O2/c1-9-5-10(13)7-11(6-9)15-8-12(16)14-3-4-17-2/h5-7,15H,3-4,8H2,1-2H3,(H,14,16). The van der Waals surface area contributed by atoms with Crippen molar-refractivity contribution in [1.29, 1.82) is 0 Å². The van der Waals surface area contributed by atoms with Crippen LogP contribution in [0.5, 0.6) is 0 Å². The van der Waals surface area contributed by atoms with Gasteiger partial charge in [0.25, 0.3) is 0 Å². The SMILES string of the molecule is COCCNC(=O)CNc1cc(C)cc(Br)c1. The summed E-state index contributed by atoms with van der Waals surface area (Å²) in [6, 6.07) is 5.95. The van der Waals surface area contributed by atoms with Crippen molar-refractivity contribution in [3.8, 4) is 0 Å². The number of aryl methyl sites for hydroxylation is 1. The van der Waals surface area contributed by atoms with E-state index in [-0.39, 0.29) is 12.5 Å². The van der Waals surface area contributed by atoms with Crippen molar-refractivity contribution in [3.05, 3.63) is 28.2 Å². The number of carbonyl (C=O) groups excluding carboxylic acids is 1. The highest BCUT2D eigenvalue weighted by atomic mass is 79.9. The van der Waals surface area contributed by atoms with Crippen LogP contribution in [-0.4, -0.2) is 32.7 Å². The minimum atomic E-state index is -0.0420. The van der Waals surface area contributed by atoms with Crippen LogP contribution in [0.25, 0.3) is 0 Å². The van der Waals surface area contributed by atoms with Crippen LogP contribution >= 0.6 is 15.9 Å². The molecule has 0 bridgehead atoms. The van der Waals surface area contributed by atoms with E-state index >= 15 is 0 Å². The summed E-state index contributed by atoms with van der Waals surface area (Å²) in [5.41, 5.74) is 2.07. The highest BCUT2D eigenvalue weighted by Gasteiger charge is 2.01. The van der Waals surface area contributed by atoms with Gasteiger partial charge in [0.2, 0.25) is 5.91 Å². The molecule has 0 saturated heterocycles. The Morgan fingerprint density at radius 1 is 1.41 bits per heavy atom. The first-order valence-electron chi connectivity index (χ1n) is 5.38. The second kappa shape index (κ2) is 7.29. The number of rotatable bonds is 6. The lowest BCUT2D eigenvalue weighted by atomic mass is 10.2. The van der Waals surface area contributed by atoms with E-state index in [2.05, 4.69) is 26.6 Å². The molecule has 0 atom stereocenters. The molecule has 1 aromatic rings. The molecule has 0 aromatic heterocycles. The normalized spacial score (nSPS) is 10.1. The first kappa shape index (κ1) is 14.0. The smallest absolute Gasteiger partial charge is 0.239 e. The van der Waals surface area contributed by atoms with Crippen LogP contribution in [0.3, 0.4) is 0 Å². The molecule has 5 heteroatoms. The lowest BCUT2D eigenvalue weighted by molar-refractivity contribution is -0.119. The maximum Gasteiger partial charge on any atom is 0.239 e. The van der Waals surface area contributed by atoms with E-state index in [4.69, 9.17) is 4.74 Å². The number of nitrogens with one attached hydrogen (secondary N) is 2. The molecule has 1 aromatic carbocycles. The topological polar surface area (TPSA) is 50.4 Å². The minimum Gasteiger partial charge on any atom is -0.383 e. The first-order valence-corrected chi connectivity index (χ1v) is 6.18. The van der Waals surface area contributed by atoms with Gasteiger partial charge in [-0.05, 0) is 30.7 Å². The average molecular weight is 301 g/mol. The number of halogens is 1. The van der Waals surface area contributed by atoms with Gasteiger partial charge in [-0.25, -0.2) is 0 Å². The van der Waals surface area contributed by atoms with Crippen LogP contribution in [0.4, 0.5) is 5.69 Å². The fourth-order valence-corrected chi connectivity index (χ4v) is 1.98. The zero-order chi connectivity index (χ0) is 12.7. The molecule has 2 N–H and O–H groups in total. The van der Waals surface area contributed by atoms with Crippen molar-refractivity contribution < 1.29 is 9.53 Å². The van der Waals surface area contributed by atoms with Crippen LogP contribution in [0, 0.1) is 6.92 Å². The summed E-state index contributed by atoms with van der Waals surface area (Å²) in [5, 5.41) is 5.82. The maximum absolute atomic E-state index is 11.4. The molecule has 0 radical (unpaired) electrons. The van der Waals surface area contributed by atoms with E-state index in [1.54, 1.807) is 7.11 Å². The zero-order valence-electron chi connectivity index (χ0n) is 10.0. The summed E-state index contributed by atoms with van der Waals surface area (Å²) in [5.74, 6) is -0.0420. The van der Waals surface area contributed by atoms with E-state index in [1.807, 2.05) is 25.1 Å². The van der Waals surface area contributed by atoms with Gasteiger partial charge < -0.3 is 15.4 Å². The fourth-order valence-electron chi connectivity index (χ4n) is 1.38. The Morgan fingerprint density at radius 2 is 2.18 bits per heavy atom. The van der Waals surface area contributed by atoms with Crippen LogP contribution in [0.1, 0.15) is 5.56 Å². The molecule has 0 fully saturated rings. The quantitative estimate of drug-likeness (QED) is 0.789. The lowest BCUT2D eigenvalue weighted by Crippen LogP contribution is -2.32. The number of benzene rings is 1. The van der Waals surface area contributed by atoms with Crippen molar-refractivity contribution >= 4 is 27.5 Å². The number of anilines is 1. The summed E-state index contributed by atoms with van der Waals surface area (Å²) < 4.78 is 5.84.